The van der Waals surface area contributed by atoms with E-state index in [1.807, 2.05) is 18.4 Å². The molecule has 0 aromatic carbocycles. The van der Waals surface area contributed by atoms with Crippen LogP contribution in [0.1, 0.15) is 26.2 Å². The predicted molar refractivity (Wildman–Crippen MR) is 47.6 cm³/mol. The molecule has 2 nitrogen and oxygen atoms in total. The number of nitrogens with one attached hydrogen (secondary N) is 1. The third-order valence-electron chi connectivity index (χ3n) is 1.72. The van der Waals surface area contributed by atoms with Gasteiger partial charge in [0, 0.05) is 18.9 Å². The van der Waals surface area contributed by atoms with Gasteiger partial charge in [0.25, 0.3) is 0 Å². The molecule has 1 aliphatic rings. The average Bonchev–Trinajstić information content (AvgIpc) is 2.07. The molecule has 0 fully saturated rings. The molecular formula is C9H16N2. The van der Waals surface area contributed by atoms with Gasteiger partial charge in [-0.1, -0.05) is 19.8 Å². The number of hydrogen-bond donors (Lipinski definition) is 1. The fourth-order valence-corrected chi connectivity index (χ4v) is 1.06. The van der Waals surface area contributed by atoms with Crippen molar-refractivity contribution in [2.45, 2.75) is 26.2 Å². The van der Waals surface area contributed by atoms with E-state index in [2.05, 4.69) is 23.6 Å². The lowest BCUT2D eigenvalue weighted by molar-refractivity contribution is 0.304. The summed E-state index contributed by atoms with van der Waals surface area (Å²) in [6.45, 7) is 3.33. The lowest BCUT2D eigenvalue weighted by Crippen LogP contribution is -2.31. The molecule has 0 saturated carbocycles. The highest BCUT2D eigenvalue weighted by molar-refractivity contribution is 5.04. The molecule has 1 aliphatic heterocycles. The van der Waals surface area contributed by atoms with E-state index >= 15 is 0 Å². The first-order chi connectivity index (χ1) is 5.43. The Bertz CT molecular complexity index is 150. The standard InChI is InChI=1S/C9H16N2/c1-2-3-5-8-11-9-6-4-7-10-11/h4,6-7,9-10H,2-3,5,8H2,1H3. The molecule has 0 aromatic rings. The fourth-order valence-electron chi connectivity index (χ4n) is 1.06. The van der Waals surface area contributed by atoms with Crippen LogP contribution in [0.25, 0.3) is 0 Å². The quantitative estimate of drug-likeness (QED) is 0.620. The molecule has 1 N–H and O–H groups in total. The second kappa shape index (κ2) is 4.83. The van der Waals surface area contributed by atoms with Gasteiger partial charge in [-0.15, -0.1) is 0 Å². The highest BCUT2D eigenvalue weighted by atomic mass is 15.5. The van der Waals surface area contributed by atoms with Crippen molar-refractivity contribution in [1.29, 1.82) is 0 Å². The molecule has 1 heterocycles. The van der Waals surface area contributed by atoms with Crippen LogP contribution in [0.3, 0.4) is 0 Å². The number of allylic oxidation sites excluding steroid dienone is 2. The Labute approximate surface area is 68.6 Å². The van der Waals surface area contributed by atoms with Gasteiger partial charge >= 0.3 is 0 Å². The summed E-state index contributed by atoms with van der Waals surface area (Å²) in [5, 5.41) is 2.11. The van der Waals surface area contributed by atoms with Crippen molar-refractivity contribution in [3.05, 3.63) is 24.6 Å². The van der Waals surface area contributed by atoms with Crippen molar-refractivity contribution >= 4 is 0 Å². The zero-order valence-corrected chi connectivity index (χ0v) is 7.09. The Morgan fingerprint density at radius 2 is 2.18 bits per heavy atom. The van der Waals surface area contributed by atoms with E-state index in [-0.39, 0.29) is 0 Å². The molecule has 62 valence electrons. The molecule has 0 bridgehead atoms. The maximum Gasteiger partial charge on any atom is 0.0386 e. The summed E-state index contributed by atoms with van der Waals surface area (Å²) in [6.07, 6.45) is 11.9. The molecule has 0 atom stereocenters. The first-order valence-electron chi connectivity index (χ1n) is 4.29. The van der Waals surface area contributed by atoms with E-state index in [9.17, 15) is 0 Å². The van der Waals surface area contributed by atoms with Crippen LogP contribution in [-0.2, 0) is 0 Å². The van der Waals surface area contributed by atoms with E-state index in [1.54, 1.807) is 0 Å². The zero-order valence-electron chi connectivity index (χ0n) is 7.09. The summed E-state index contributed by atoms with van der Waals surface area (Å²) in [4.78, 5) is 0. The molecule has 1 rings (SSSR count). The molecule has 0 spiro atoms. The number of hydrazine groups is 1. The smallest absolute Gasteiger partial charge is 0.0386 e. The van der Waals surface area contributed by atoms with Gasteiger partial charge in [0.2, 0.25) is 0 Å². The fraction of sp³-hybridized carbons (Fsp3) is 0.556. The number of nitrogens with zero attached hydrogens (tertiary/aromatic N) is 1. The van der Waals surface area contributed by atoms with Gasteiger partial charge in [-0.25, -0.2) is 0 Å². The molecule has 0 unspecified atom stereocenters. The van der Waals surface area contributed by atoms with Crippen LogP contribution in [-0.4, -0.2) is 11.6 Å². The minimum atomic E-state index is 1.11. The highest BCUT2D eigenvalue weighted by Crippen LogP contribution is 1.98. The van der Waals surface area contributed by atoms with Gasteiger partial charge in [0.15, 0.2) is 0 Å². The number of hydrogen-bond acceptors (Lipinski definition) is 2. The summed E-state index contributed by atoms with van der Waals surface area (Å²) < 4.78 is 0. The zero-order chi connectivity index (χ0) is 7.94. The second-order valence-corrected chi connectivity index (χ2v) is 2.73. The first-order valence-corrected chi connectivity index (χ1v) is 4.29. The molecular weight excluding hydrogens is 136 g/mol. The van der Waals surface area contributed by atoms with Crippen LogP contribution >= 0.6 is 0 Å². The van der Waals surface area contributed by atoms with Crippen molar-refractivity contribution in [1.82, 2.24) is 10.4 Å². The second-order valence-electron chi connectivity index (χ2n) is 2.73. The minimum absolute atomic E-state index is 1.11. The Kier molecular flexibility index (Phi) is 3.59. The van der Waals surface area contributed by atoms with E-state index in [0.29, 0.717) is 0 Å². The monoisotopic (exact) mass is 152 g/mol. The van der Waals surface area contributed by atoms with E-state index in [1.165, 1.54) is 19.3 Å². The molecule has 0 saturated heterocycles. The Morgan fingerprint density at radius 3 is 2.82 bits per heavy atom. The van der Waals surface area contributed by atoms with E-state index in [0.717, 1.165) is 6.54 Å². The van der Waals surface area contributed by atoms with E-state index < -0.39 is 0 Å². The van der Waals surface area contributed by atoms with Crippen molar-refractivity contribution in [2.75, 3.05) is 6.54 Å². The van der Waals surface area contributed by atoms with Crippen LogP contribution in [0.5, 0.6) is 0 Å². The van der Waals surface area contributed by atoms with Crippen LogP contribution in [0, 0.1) is 0 Å². The summed E-state index contributed by atoms with van der Waals surface area (Å²) in [5.41, 5.74) is 3.14. The van der Waals surface area contributed by atoms with E-state index in [4.69, 9.17) is 0 Å². The largest absolute Gasteiger partial charge is 0.306 e. The minimum Gasteiger partial charge on any atom is -0.306 e. The lowest BCUT2D eigenvalue weighted by Gasteiger charge is -2.21. The van der Waals surface area contributed by atoms with Gasteiger partial charge < -0.3 is 5.43 Å². The van der Waals surface area contributed by atoms with Gasteiger partial charge in [0.05, 0.1) is 0 Å². The molecule has 0 aromatic heterocycles. The molecule has 11 heavy (non-hydrogen) atoms. The normalized spacial score (nSPS) is 15.2. The SMILES string of the molecule is CCCCCN1C=CC=CN1. The van der Waals surface area contributed by atoms with Gasteiger partial charge in [-0.05, 0) is 18.6 Å². The molecule has 2 heteroatoms. The van der Waals surface area contributed by atoms with Gasteiger partial charge in [0.1, 0.15) is 0 Å². The maximum absolute atomic E-state index is 3.14. The molecule has 0 aliphatic carbocycles. The third-order valence-corrected chi connectivity index (χ3v) is 1.72. The van der Waals surface area contributed by atoms with Crippen LogP contribution in [0.15, 0.2) is 24.6 Å². The van der Waals surface area contributed by atoms with Gasteiger partial charge in [-0.3, -0.25) is 5.01 Å². The summed E-state index contributed by atoms with van der Waals surface area (Å²) in [7, 11) is 0. The predicted octanol–water partition coefficient (Wildman–Crippen LogP) is 2.02. The Morgan fingerprint density at radius 1 is 1.27 bits per heavy atom. The van der Waals surface area contributed by atoms with Crippen LogP contribution in [0.2, 0.25) is 0 Å². The average molecular weight is 152 g/mol. The van der Waals surface area contributed by atoms with Gasteiger partial charge in [-0.2, -0.15) is 0 Å². The molecule has 0 amide bonds. The Hall–Kier alpha value is -0.920. The number of unbranched alkanes of at least 4 members (excludes halogenated alkanes) is 2. The first kappa shape index (κ1) is 8.18. The third kappa shape index (κ3) is 3.12. The van der Waals surface area contributed by atoms with Crippen molar-refractivity contribution in [2.24, 2.45) is 0 Å². The summed E-state index contributed by atoms with van der Waals surface area (Å²) in [6, 6.07) is 0. The topological polar surface area (TPSA) is 15.3 Å². The lowest BCUT2D eigenvalue weighted by atomic mass is 10.2. The van der Waals surface area contributed by atoms with Crippen LogP contribution < -0.4 is 5.43 Å². The summed E-state index contributed by atoms with van der Waals surface area (Å²) in [5.74, 6) is 0. The summed E-state index contributed by atoms with van der Waals surface area (Å²) >= 11 is 0. The van der Waals surface area contributed by atoms with Crippen LogP contribution in [0.4, 0.5) is 0 Å². The maximum atomic E-state index is 3.14. The Balaban J connectivity index is 2.07. The highest BCUT2D eigenvalue weighted by Gasteiger charge is 1.96. The van der Waals surface area contributed by atoms with Crippen molar-refractivity contribution in [3.63, 3.8) is 0 Å². The molecule has 0 radical (unpaired) electrons. The van der Waals surface area contributed by atoms with Crippen molar-refractivity contribution < 1.29 is 0 Å². The van der Waals surface area contributed by atoms with Crippen molar-refractivity contribution in [3.8, 4) is 0 Å². The number of rotatable bonds is 4.